The Morgan fingerprint density at radius 1 is 1.27 bits per heavy atom. The van der Waals surface area contributed by atoms with Gasteiger partial charge in [0.1, 0.15) is 0 Å². The molecule has 1 N–H and O–H groups in total. The van der Waals surface area contributed by atoms with Gasteiger partial charge in [-0.3, -0.25) is 9.58 Å². The molecule has 22 heavy (non-hydrogen) atoms. The Bertz CT molecular complexity index is 776. The van der Waals surface area contributed by atoms with E-state index in [1.165, 1.54) is 22.2 Å². The first-order valence-corrected chi connectivity index (χ1v) is 7.64. The number of ether oxygens (including phenoxy) is 1. The molecule has 0 saturated carbocycles. The number of rotatable bonds is 3. The molecule has 2 aromatic heterocycles. The summed E-state index contributed by atoms with van der Waals surface area (Å²) in [5, 5.41) is 5.70. The molecule has 0 saturated heterocycles. The van der Waals surface area contributed by atoms with Crippen molar-refractivity contribution in [3.05, 3.63) is 54.0 Å². The molecule has 0 radical (unpaired) electrons. The second-order valence-corrected chi connectivity index (χ2v) is 5.89. The molecule has 0 amide bonds. The van der Waals surface area contributed by atoms with Gasteiger partial charge in [-0.15, -0.1) is 0 Å². The van der Waals surface area contributed by atoms with Crippen LogP contribution < -0.4 is 0 Å². The van der Waals surface area contributed by atoms with Crippen LogP contribution in [0, 0.1) is 0 Å². The molecular weight excluding hydrogens is 276 g/mol. The number of hydrogen-bond acceptors (Lipinski definition) is 3. The number of aromatic amines is 1. The van der Waals surface area contributed by atoms with E-state index in [1.807, 2.05) is 12.4 Å². The number of fused-ring (bicyclic) bond motifs is 2. The molecule has 1 aliphatic heterocycles. The molecule has 5 heteroatoms. The fourth-order valence-corrected chi connectivity index (χ4v) is 3.29. The number of benzene rings is 1. The molecule has 5 nitrogen and oxygen atoms in total. The SMILES string of the molecule is CO[C@H]1CN(Cc2cccc3[nH]ccc23)Cc2ccnn2C1. The van der Waals surface area contributed by atoms with Crippen molar-refractivity contribution >= 4 is 10.9 Å². The summed E-state index contributed by atoms with van der Waals surface area (Å²) < 4.78 is 7.69. The molecule has 0 bridgehead atoms. The highest BCUT2D eigenvalue weighted by Crippen LogP contribution is 2.21. The van der Waals surface area contributed by atoms with Gasteiger partial charge < -0.3 is 9.72 Å². The lowest BCUT2D eigenvalue weighted by Crippen LogP contribution is -2.32. The maximum absolute atomic E-state index is 5.63. The number of nitrogens with one attached hydrogen (secondary N) is 1. The largest absolute Gasteiger partial charge is 0.378 e. The van der Waals surface area contributed by atoms with Crippen LogP contribution in [0.1, 0.15) is 11.3 Å². The first-order valence-electron chi connectivity index (χ1n) is 7.64. The summed E-state index contributed by atoms with van der Waals surface area (Å²) in [5.74, 6) is 0. The molecule has 4 rings (SSSR count). The van der Waals surface area contributed by atoms with E-state index < -0.39 is 0 Å². The molecule has 3 heterocycles. The molecule has 114 valence electrons. The molecule has 1 aliphatic rings. The highest BCUT2D eigenvalue weighted by Gasteiger charge is 2.22. The summed E-state index contributed by atoms with van der Waals surface area (Å²) in [6.45, 7) is 3.56. The minimum atomic E-state index is 0.173. The van der Waals surface area contributed by atoms with E-state index in [2.05, 4.69) is 50.0 Å². The Kier molecular flexibility index (Phi) is 3.44. The van der Waals surface area contributed by atoms with Gasteiger partial charge in [-0.05, 0) is 23.8 Å². The average Bonchev–Trinajstić information content (AvgIpc) is 3.14. The van der Waals surface area contributed by atoms with Crippen molar-refractivity contribution < 1.29 is 4.74 Å². The van der Waals surface area contributed by atoms with Gasteiger partial charge in [-0.1, -0.05) is 12.1 Å². The number of hydrogen-bond donors (Lipinski definition) is 1. The standard InChI is InChI=1S/C17H20N4O/c1-22-15-11-20(10-14-5-8-19-21(14)12-15)9-13-3-2-4-17-16(13)6-7-18-17/h2-8,15,18H,9-12H2,1H3/t15-/m0/s1. The summed E-state index contributed by atoms with van der Waals surface area (Å²) in [5.41, 5.74) is 3.79. The van der Waals surface area contributed by atoms with Crippen molar-refractivity contribution in [2.75, 3.05) is 13.7 Å². The van der Waals surface area contributed by atoms with Gasteiger partial charge in [0.25, 0.3) is 0 Å². The topological polar surface area (TPSA) is 46.1 Å². The van der Waals surface area contributed by atoms with Crippen LogP contribution in [0.15, 0.2) is 42.7 Å². The summed E-state index contributed by atoms with van der Waals surface area (Å²) in [6, 6.07) is 10.7. The zero-order valence-corrected chi connectivity index (χ0v) is 12.7. The van der Waals surface area contributed by atoms with Crippen LogP contribution in [-0.4, -0.2) is 39.4 Å². The number of aromatic nitrogens is 3. The Labute approximate surface area is 129 Å². The molecule has 0 spiro atoms. The number of nitrogens with zero attached hydrogens (tertiary/aromatic N) is 3. The molecule has 3 aromatic rings. The lowest BCUT2D eigenvalue weighted by molar-refractivity contribution is 0.0549. The van der Waals surface area contributed by atoms with Crippen molar-refractivity contribution in [2.45, 2.75) is 25.7 Å². The summed E-state index contributed by atoms with van der Waals surface area (Å²) >= 11 is 0. The van der Waals surface area contributed by atoms with Gasteiger partial charge in [0, 0.05) is 50.0 Å². The van der Waals surface area contributed by atoms with Crippen molar-refractivity contribution in [2.24, 2.45) is 0 Å². The van der Waals surface area contributed by atoms with Gasteiger partial charge in [0.15, 0.2) is 0 Å². The quantitative estimate of drug-likeness (QED) is 0.807. The van der Waals surface area contributed by atoms with E-state index in [1.54, 1.807) is 7.11 Å². The Morgan fingerprint density at radius 2 is 2.23 bits per heavy atom. The summed E-state index contributed by atoms with van der Waals surface area (Å²) in [7, 11) is 1.78. The molecule has 1 aromatic carbocycles. The minimum absolute atomic E-state index is 0.173. The fourth-order valence-electron chi connectivity index (χ4n) is 3.29. The predicted octanol–water partition coefficient (Wildman–Crippen LogP) is 2.40. The predicted molar refractivity (Wildman–Crippen MR) is 85.4 cm³/mol. The van der Waals surface area contributed by atoms with E-state index in [4.69, 9.17) is 4.74 Å². The molecule has 0 aliphatic carbocycles. The Hall–Kier alpha value is -2.11. The van der Waals surface area contributed by atoms with Crippen LogP contribution in [0.25, 0.3) is 10.9 Å². The van der Waals surface area contributed by atoms with Gasteiger partial charge in [-0.2, -0.15) is 5.10 Å². The second kappa shape index (κ2) is 5.59. The molecule has 0 fully saturated rings. The van der Waals surface area contributed by atoms with E-state index in [9.17, 15) is 0 Å². The van der Waals surface area contributed by atoms with E-state index in [0.717, 1.165) is 26.2 Å². The van der Waals surface area contributed by atoms with Crippen LogP contribution in [0.5, 0.6) is 0 Å². The van der Waals surface area contributed by atoms with E-state index >= 15 is 0 Å². The van der Waals surface area contributed by atoms with Crippen molar-refractivity contribution in [3.8, 4) is 0 Å². The molecule has 0 unspecified atom stereocenters. The van der Waals surface area contributed by atoms with Crippen molar-refractivity contribution in [3.63, 3.8) is 0 Å². The molecular formula is C17H20N4O. The third kappa shape index (κ3) is 2.42. The summed E-state index contributed by atoms with van der Waals surface area (Å²) in [6.07, 6.45) is 4.05. The summed E-state index contributed by atoms with van der Waals surface area (Å²) in [4.78, 5) is 5.72. The van der Waals surface area contributed by atoms with E-state index in [-0.39, 0.29) is 6.10 Å². The maximum atomic E-state index is 5.63. The lowest BCUT2D eigenvalue weighted by Gasteiger charge is -2.23. The minimum Gasteiger partial charge on any atom is -0.378 e. The van der Waals surface area contributed by atoms with Gasteiger partial charge in [0.2, 0.25) is 0 Å². The van der Waals surface area contributed by atoms with E-state index in [0.29, 0.717) is 0 Å². The average molecular weight is 296 g/mol. The number of methoxy groups -OCH3 is 1. The Morgan fingerprint density at radius 3 is 3.14 bits per heavy atom. The first kappa shape index (κ1) is 13.5. The highest BCUT2D eigenvalue weighted by atomic mass is 16.5. The van der Waals surface area contributed by atoms with Gasteiger partial charge in [-0.25, -0.2) is 0 Å². The lowest BCUT2D eigenvalue weighted by atomic mass is 10.1. The zero-order chi connectivity index (χ0) is 14.9. The molecule has 1 atom stereocenters. The fraction of sp³-hybridized carbons (Fsp3) is 0.353. The zero-order valence-electron chi connectivity index (χ0n) is 12.7. The third-order valence-corrected chi connectivity index (χ3v) is 4.44. The van der Waals surface area contributed by atoms with Crippen molar-refractivity contribution in [1.29, 1.82) is 0 Å². The van der Waals surface area contributed by atoms with Crippen LogP contribution in [0.4, 0.5) is 0 Å². The monoisotopic (exact) mass is 296 g/mol. The van der Waals surface area contributed by atoms with Crippen LogP contribution in [-0.2, 0) is 24.4 Å². The second-order valence-electron chi connectivity index (χ2n) is 5.89. The van der Waals surface area contributed by atoms with Gasteiger partial charge >= 0.3 is 0 Å². The number of H-pyrrole nitrogens is 1. The highest BCUT2D eigenvalue weighted by molar-refractivity contribution is 5.82. The normalized spacial score (nSPS) is 19.2. The smallest absolute Gasteiger partial charge is 0.0894 e. The van der Waals surface area contributed by atoms with Crippen LogP contribution in [0.2, 0.25) is 0 Å². The maximum Gasteiger partial charge on any atom is 0.0894 e. The van der Waals surface area contributed by atoms with Crippen LogP contribution >= 0.6 is 0 Å². The van der Waals surface area contributed by atoms with Crippen molar-refractivity contribution in [1.82, 2.24) is 19.7 Å². The first-order chi connectivity index (χ1) is 10.8. The third-order valence-electron chi connectivity index (χ3n) is 4.44. The van der Waals surface area contributed by atoms with Gasteiger partial charge in [0.05, 0.1) is 18.3 Å². The van der Waals surface area contributed by atoms with Crippen LogP contribution in [0.3, 0.4) is 0 Å². The Balaban J connectivity index is 1.63.